The minimum Gasteiger partial charge on any atom is -0.490 e. The highest BCUT2D eigenvalue weighted by molar-refractivity contribution is 6.42. The number of rotatable bonds is 9. The molecular weight excluding hydrogens is 477 g/mol. The van der Waals surface area contributed by atoms with Crippen LogP contribution < -0.4 is 20.2 Å². The Morgan fingerprint density at radius 3 is 2.41 bits per heavy atom. The second-order valence-electron chi connectivity index (χ2n) is 7.17. The van der Waals surface area contributed by atoms with Crippen molar-refractivity contribution >= 4 is 46.9 Å². The van der Waals surface area contributed by atoms with E-state index < -0.39 is 0 Å². The molecule has 2 N–H and O–H groups in total. The van der Waals surface area contributed by atoms with Crippen LogP contribution in [0.2, 0.25) is 10.0 Å². The summed E-state index contributed by atoms with van der Waals surface area (Å²) in [5, 5.41) is 7.43. The predicted octanol–water partition coefficient (Wildman–Crippen LogP) is 5.48. The topological polar surface area (TPSA) is 89.0 Å². The molecule has 9 heteroatoms. The van der Waals surface area contributed by atoms with E-state index in [1.807, 2.05) is 26.0 Å². The van der Waals surface area contributed by atoms with Gasteiger partial charge in [0.15, 0.2) is 18.1 Å². The molecule has 3 aromatic carbocycles. The average Bonchev–Trinajstić information content (AvgIpc) is 2.81. The van der Waals surface area contributed by atoms with Crippen molar-refractivity contribution in [1.82, 2.24) is 5.43 Å². The van der Waals surface area contributed by atoms with E-state index in [1.54, 1.807) is 48.5 Å². The van der Waals surface area contributed by atoms with Gasteiger partial charge < -0.3 is 14.8 Å². The summed E-state index contributed by atoms with van der Waals surface area (Å²) >= 11 is 11.9. The summed E-state index contributed by atoms with van der Waals surface area (Å²) in [6.45, 7) is 3.95. The molecule has 0 atom stereocenters. The summed E-state index contributed by atoms with van der Waals surface area (Å²) in [7, 11) is 0. The monoisotopic (exact) mass is 499 g/mol. The summed E-state index contributed by atoms with van der Waals surface area (Å²) in [6, 6.07) is 17.1. The van der Waals surface area contributed by atoms with Crippen molar-refractivity contribution in [2.75, 3.05) is 18.5 Å². The number of hydrogen-bond donors (Lipinski definition) is 2. The van der Waals surface area contributed by atoms with E-state index in [0.29, 0.717) is 45.0 Å². The Hall–Kier alpha value is -3.55. The fraction of sp³-hybridized carbons (Fsp3) is 0.160. The van der Waals surface area contributed by atoms with Gasteiger partial charge in [-0.25, -0.2) is 5.43 Å². The number of ether oxygens (including phenoxy) is 2. The number of aryl methyl sites for hydroxylation is 1. The van der Waals surface area contributed by atoms with Gasteiger partial charge in [0.2, 0.25) is 0 Å². The Morgan fingerprint density at radius 1 is 0.941 bits per heavy atom. The second-order valence-corrected chi connectivity index (χ2v) is 7.98. The maximum atomic E-state index is 12.2. The molecule has 0 heterocycles. The van der Waals surface area contributed by atoms with Crippen molar-refractivity contribution in [3.05, 3.63) is 87.4 Å². The van der Waals surface area contributed by atoms with E-state index in [4.69, 9.17) is 32.7 Å². The van der Waals surface area contributed by atoms with E-state index in [2.05, 4.69) is 15.8 Å². The number of nitrogens with zero attached hydrogens (tertiary/aromatic N) is 1. The van der Waals surface area contributed by atoms with Crippen LogP contribution in [0, 0.1) is 6.92 Å². The van der Waals surface area contributed by atoms with Crippen LogP contribution in [0.4, 0.5) is 5.69 Å². The lowest BCUT2D eigenvalue weighted by Crippen LogP contribution is -2.20. The summed E-state index contributed by atoms with van der Waals surface area (Å²) in [4.78, 5) is 24.4. The highest BCUT2D eigenvalue weighted by atomic mass is 35.5. The van der Waals surface area contributed by atoms with Crippen LogP contribution in [0.3, 0.4) is 0 Å². The number of carbonyl (C=O) groups excluding carboxylic acids is 2. The van der Waals surface area contributed by atoms with Crippen LogP contribution in [0.1, 0.15) is 28.4 Å². The highest BCUT2D eigenvalue weighted by Gasteiger charge is 2.10. The molecule has 0 aliphatic carbocycles. The number of hydrogen-bond acceptors (Lipinski definition) is 5. The maximum absolute atomic E-state index is 12.2. The van der Waals surface area contributed by atoms with E-state index in [1.165, 1.54) is 6.21 Å². The number of amides is 2. The lowest BCUT2D eigenvalue weighted by molar-refractivity contribution is -0.118. The third-order valence-electron chi connectivity index (χ3n) is 4.52. The van der Waals surface area contributed by atoms with Gasteiger partial charge in [-0.15, -0.1) is 0 Å². The maximum Gasteiger partial charge on any atom is 0.271 e. The number of hydrazone groups is 1. The van der Waals surface area contributed by atoms with Gasteiger partial charge in [-0.05, 0) is 67.9 Å². The molecule has 0 bridgehead atoms. The molecule has 0 aliphatic rings. The van der Waals surface area contributed by atoms with E-state index in [-0.39, 0.29) is 18.4 Å². The molecule has 0 fully saturated rings. The van der Waals surface area contributed by atoms with Gasteiger partial charge in [-0.1, -0.05) is 40.9 Å². The number of carbonyl (C=O) groups is 2. The van der Waals surface area contributed by atoms with Crippen LogP contribution >= 0.6 is 23.2 Å². The Bertz CT molecular complexity index is 1200. The largest absolute Gasteiger partial charge is 0.490 e. The number of anilines is 1. The smallest absolute Gasteiger partial charge is 0.271 e. The first kappa shape index (κ1) is 25.1. The number of benzene rings is 3. The van der Waals surface area contributed by atoms with Gasteiger partial charge in [0, 0.05) is 11.3 Å². The molecule has 3 aromatic rings. The van der Waals surface area contributed by atoms with E-state index in [9.17, 15) is 9.59 Å². The van der Waals surface area contributed by atoms with Gasteiger partial charge in [0.25, 0.3) is 11.8 Å². The molecule has 0 spiro atoms. The minimum absolute atomic E-state index is 0.236. The first-order chi connectivity index (χ1) is 16.4. The molecule has 0 saturated heterocycles. The van der Waals surface area contributed by atoms with Crippen molar-refractivity contribution in [3.63, 3.8) is 0 Å². The number of nitrogens with one attached hydrogen (secondary N) is 2. The molecule has 176 valence electrons. The van der Waals surface area contributed by atoms with Gasteiger partial charge in [0.1, 0.15) is 0 Å². The zero-order valence-electron chi connectivity index (χ0n) is 18.6. The van der Waals surface area contributed by atoms with Crippen molar-refractivity contribution < 1.29 is 19.1 Å². The first-order valence-electron chi connectivity index (χ1n) is 10.4. The van der Waals surface area contributed by atoms with Crippen LogP contribution in [-0.2, 0) is 4.79 Å². The van der Waals surface area contributed by atoms with Gasteiger partial charge >= 0.3 is 0 Å². The lowest BCUT2D eigenvalue weighted by Gasteiger charge is -2.13. The third-order valence-corrected chi connectivity index (χ3v) is 5.26. The Balaban J connectivity index is 1.59. The normalized spacial score (nSPS) is 10.7. The van der Waals surface area contributed by atoms with Gasteiger partial charge in [-0.3, -0.25) is 9.59 Å². The summed E-state index contributed by atoms with van der Waals surface area (Å²) < 4.78 is 11.3. The average molecular weight is 500 g/mol. The molecule has 0 radical (unpaired) electrons. The summed E-state index contributed by atoms with van der Waals surface area (Å²) in [5.74, 6) is 0.158. The predicted molar refractivity (Wildman–Crippen MR) is 134 cm³/mol. The Kier molecular flexibility index (Phi) is 8.90. The molecule has 3 rings (SSSR count). The zero-order valence-corrected chi connectivity index (χ0v) is 20.1. The van der Waals surface area contributed by atoms with Crippen molar-refractivity contribution in [3.8, 4) is 11.5 Å². The third kappa shape index (κ3) is 7.23. The molecule has 0 aliphatic heterocycles. The zero-order chi connectivity index (χ0) is 24.5. The van der Waals surface area contributed by atoms with Crippen LogP contribution in [0.5, 0.6) is 11.5 Å². The van der Waals surface area contributed by atoms with Gasteiger partial charge in [0.05, 0.1) is 22.9 Å². The SMILES string of the molecule is CCOc1cc(/C=N/NC(=O)c2ccc(C)cc2)ccc1OCC(=O)Nc1ccc(Cl)c(Cl)c1. The summed E-state index contributed by atoms with van der Waals surface area (Å²) in [6.07, 6.45) is 1.50. The molecule has 0 unspecified atom stereocenters. The van der Waals surface area contributed by atoms with Crippen LogP contribution in [0.25, 0.3) is 0 Å². The Morgan fingerprint density at radius 2 is 1.71 bits per heavy atom. The van der Waals surface area contributed by atoms with E-state index in [0.717, 1.165) is 5.56 Å². The minimum atomic E-state index is -0.370. The molecule has 0 saturated carbocycles. The number of halogens is 2. The van der Waals surface area contributed by atoms with Crippen LogP contribution in [0.15, 0.2) is 65.8 Å². The van der Waals surface area contributed by atoms with E-state index >= 15 is 0 Å². The Labute approximate surface area is 207 Å². The molecule has 7 nitrogen and oxygen atoms in total. The first-order valence-corrected chi connectivity index (χ1v) is 11.2. The van der Waals surface area contributed by atoms with Crippen LogP contribution in [-0.4, -0.2) is 31.2 Å². The van der Waals surface area contributed by atoms with Crippen molar-refractivity contribution in [2.24, 2.45) is 5.10 Å². The summed E-state index contributed by atoms with van der Waals surface area (Å²) in [5.41, 5.74) is 5.26. The standard InChI is InChI=1S/C25H23Cl2N3O4/c1-3-33-23-12-17(14-28-30-25(32)18-7-4-16(2)5-8-18)6-11-22(23)34-15-24(31)29-19-9-10-20(26)21(27)13-19/h4-14H,3,15H2,1-2H3,(H,29,31)(H,30,32)/b28-14+. The highest BCUT2D eigenvalue weighted by Crippen LogP contribution is 2.28. The van der Waals surface area contributed by atoms with Gasteiger partial charge in [-0.2, -0.15) is 5.10 Å². The van der Waals surface area contributed by atoms with Crippen molar-refractivity contribution in [2.45, 2.75) is 13.8 Å². The lowest BCUT2D eigenvalue weighted by atomic mass is 10.1. The fourth-order valence-electron chi connectivity index (χ4n) is 2.84. The second kappa shape index (κ2) is 12.1. The molecule has 34 heavy (non-hydrogen) atoms. The van der Waals surface area contributed by atoms with Crippen molar-refractivity contribution in [1.29, 1.82) is 0 Å². The molecule has 2 amide bonds. The molecular formula is C25H23Cl2N3O4. The molecule has 0 aromatic heterocycles. The fourth-order valence-corrected chi connectivity index (χ4v) is 3.14. The quantitative estimate of drug-likeness (QED) is 0.301.